The molecule has 7 N–H and O–H groups in total. The van der Waals surface area contributed by atoms with Crippen LogP contribution >= 0.6 is 0 Å². The summed E-state index contributed by atoms with van der Waals surface area (Å²) < 4.78 is 11.3. The first-order valence-corrected chi connectivity index (χ1v) is 20.0. The topological polar surface area (TPSA) is 240 Å². The quantitative estimate of drug-likeness (QED) is 0.0411. The molecule has 2 atom stereocenters. The van der Waals surface area contributed by atoms with Crippen LogP contribution in [0.2, 0.25) is 0 Å². The average Bonchev–Trinajstić information content (AvgIpc) is 3.93. The Morgan fingerprint density at radius 1 is 0.950 bits per heavy atom. The molecule has 1 aromatic heterocycles. The molecule has 314 valence electrons. The van der Waals surface area contributed by atoms with Crippen molar-refractivity contribution in [1.82, 2.24) is 30.4 Å². The molecule has 18 nitrogen and oxygen atoms in total. The van der Waals surface area contributed by atoms with Gasteiger partial charge in [-0.25, -0.2) is 4.98 Å². The van der Waals surface area contributed by atoms with Gasteiger partial charge >= 0.3 is 0 Å². The lowest BCUT2D eigenvalue weighted by atomic mass is 10.0. The molecular weight excluding hydrogens is 773 g/mol. The van der Waals surface area contributed by atoms with Crippen LogP contribution in [0.5, 0.6) is 0 Å². The Hall–Kier alpha value is -6.50. The van der Waals surface area contributed by atoms with Crippen LogP contribution in [-0.4, -0.2) is 127 Å². The van der Waals surface area contributed by atoms with Crippen molar-refractivity contribution >= 4 is 69.8 Å². The average molecular weight is 821 g/mol. The number of benzene rings is 3. The third-order valence-electron chi connectivity index (χ3n) is 10.7. The molecule has 0 radical (unpaired) electrons. The Morgan fingerprint density at radius 3 is 2.55 bits per heavy atom. The predicted molar refractivity (Wildman–Crippen MR) is 222 cm³/mol. The molecule has 7 rings (SSSR count). The van der Waals surface area contributed by atoms with Crippen molar-refractivity contribution in [2.45, 2.75) is 38.3 Å². The number of rotatable bonds is 19. The fraction of sp³-hybridized carbons (Fsp3) is 0.381. The number of aromatic nitrogens is 2. The fourth-order valence-electron chi connectivity index (χ4n) is 7.74. The summed E-state index contributed by atoms with van der Waals surface area (Å²) in [5.41, 5.74) is 4.91. The molecule has 0 spiro atoms. The first-order valence-electron chi connectivity index (χ1n) is 20.0. The lowest BCUT2D eigenvalue weighted by Crippen LogP contribution is -2.54. The molecule has 0 bridgehead atoms. The molecule has 0 saturated carbocycles. The monoisotopic (exact) mass is 820 g/mol. The zero-order valence-electron chi connectivity index (χ0n) is 33.2. The summed E-state index contributed by atoms with van der Waals surface area (Å²) in [7, 11) is 1.77. The Balaban J connectivity index is 0.750. The summed E-state index contributed by atoms with van der Waals surface area (Å²) in [5, 5.41) is 21.8. The number of imide groups is 2. The van der Waals surface area contributed by atoms with Gasteiger partial charge in [0.25, 0.3) is 17.7 Å². The Kier molecular flexibility index (Phi) is 13.2. The van der Waals surface area contributed by atoms with Crippen molar-refractivity contribution in [2.24, 2.45) is 5.92 Å². The first-order chi connectivity index (χ1) is 29.1. The summed E-state index contributed by atoms with van der Waals surface area (Å²) in [6.45, 7) is 4.29. The standard InChI is InChI=1S/C42H48N10O8/c1-44-30-7-5-26(20-27(30)22-43)39(55)47-28-6-8-31-33(21-28)49-35(48-31)24-51-14-11-25(23-51)19-37(54)46-13-16-60-18-17-59-15-12-45-32-4-2-3-29-38(32)42(58)52(41(29)57)34-9-10-36(53)50-40(34)56/h2-8,20-22,25,34,43-45H,9-19,23-24H2,1H3,(H,46,54)(H,47,55)(H,48,49)(H,50,53,56). The van der Waals surface area contributed by atoms with Gasteiger partial charge in [-0.05, 0) is 73.8 Å². The van der Waals surface area contributed by atoms with Gasteiger partial charge in [0.1, 0.15) is 11.9 Å². The second-order valence-corrected chi connectivity index (χ2v) is 14.8. The van der Waals surface area contributed by atoms with Gasteiger partial charge in [0, 0.05) is 73.9 Å². The molecule has 4 aromatic rings. The summed E-state index contributed by atoms with van der Waals surface area (Å²) in [6, 6.07) is 14.5. The number of anilines is 3. The van der Waals surface area contributed by atoms with Crippen LogP contribution < -0.4 is 26.6 Å². The lowest BCUT2D eigenvalue weighted by molar-refractivity contribution is -0.136. The van der Waals surface area contributed by atoms with Crippen LogP contribution in [0.25, 0.3) is 11.0 Å². The normalized spacial score (nSPS) is 17.8. The van der Waals surface area contributed by atoms with Crippen molar-refractivity contribution < 1.29 is 38.2 Å². The minimum Gasteiger partial charge on any atom is -0.388 e. The minimum absolute atomic E-state index is 0.0223. The van der Waals surface area contributed by atoms with Crippen LogP contribution in [-0.2, 0) is 30.4 Å². The third-order valence-corrected chi connectivity index (χ3v) is 10.7. The highest BCUT2D eigenvalue weighted by atomic mass is 16.5. The van der Waals surface area contributed by atoms with Crippen LogP contribution in [0.15, 0.2) is 54.6 Å². The lowest BCUT2D eigenvalue weighted by Gasteiger charge is -2.27. The largest absolute Gasteiger partial charge is 0.388 e. The van der Waals surface area contributed by atoms with E-state index in [9.17, 15) is 28.8 Å². The molecule has 6 amide bonds. The van der Waals surface area contributed by atoms with E-state index in [2.05, 4.69) is 36.5 Å². The van der Waals surface area contributed by atoms with E-state index in [1.165, 1.54) is 6.21 Å². The summed E-state index contributed by atoms with van der Waals surface area (Å²) >= 11 is 0. The molecule has 4 heterocycles. The maximum atomic E-state index is 13.2. The highest BCUT2D eigenvalue weighted by Crippen LogP contribution is 2.32. The van der Waals surface area contributed by atoms with Crippen molar-refractivity contribution in [3.05, 3.63) is 82.7 Å². The van der Waals surface area contributed by atoms with E-state index < -0.39 is 29.7 Å². The maximum absolute atomic E-state index is 13.2. The van der Waals surface area contributed by atoms with Crippen LogP contribution in [0, 0.1) is 11.3 Å². The number of carbonyl (C=O) groups excluding carboxylic acids is 6. The summed E-state index contributed by atoms with van der Waals surface area (Å²) in [4.78, 5) is 87.1. The molecule has 2 saturated heterocycles. The molecule has 60 heavy (non-hydrogen) atoms. The summed E-state index contributed by atoms with van der Waals surface area (Å²) in [6.07, 6.45) is 2.68. The molecule has 2 unspecified atom stereocenters. The number of fused-ring (bicyclic) bond motifs is 2. The second-order valence-electron chi connectivity index (χ2n) is 14.8. The van der Waals surface area contributed by atoms with E-state index in [0.29, 0.717) is 75.0 Å². The Labute approximate surface area is 345 Å². The highest BCUT2D eigenvalue weighted by Gasteiger charge is 2.45. The number of amides is 6. The summed E-state index contributed by atoms with van der Waals surface area (Å²) in [5.74, 6) is -1.48. The number of aromatic amines is 1. The number of imidazole rings is 1. The minimum atomic E-state index is -1.03. The Bertz CT molecular complexity index is 2310. The fourth-order valence-corrected chi connectivity index (χ4v) is 7.74. The molecule has 3 aromatic carbocycles. The van der Waals surface area contributed by atoms with Gasteiger partial charge in [-0.2, -0.15) is 0 Å². The first kappa shape index (κ1) is 41.7. The van der Waals surface area contributed by atoms with E-state index in [1.54, 1.807) is 43.4 Å². The Morgan fingerprint density at radius 2 is 1.77 bits per heavy atom. The van der Waals surface area contributed by atoms with Gasteiger partial charge in [0.15, 0.2) is 0 Å². The number of carbonyl (C=O) groups is 6. The van der Waals surface area contributed by atoms with Gasteiger partial charge in [0.2, 0.25) is 17.7 Å². The number of H-pyrrole nitrogens is 1. The molecule has 3 aliphatic rings. The predicted octanol–water partition coefficient (Wildman–Crippen LogP) is 2.73. The number of nitrogens with zero attached hydrogens (tertiary/aromatic N) is 3. The van der Waals surface area contributed by atoms with Gasteiger partial charge in [-0.3, -0.25) is 43.9 Å². The number of likely N-dealkylation sites (tertiary alicyclic amines) is 1. The number of ether oxygens (including phenoxy) is 2. The molecular formula is C42H48N10O8. The zero-order chi connectivity index (χ0) is 42.2. The van der Waals surface area contributed by atoms with E-state index in [-0.39, 0.29) is 41.7 Å². The van der Waals surface area contributed by atoms with Gasteiger partial charge in [-0.15, -0.1) is 0 Å². The van der Waals surface area contributed by atoms with E-state index >= 15 is 0 Å². The number of hydrogen-bond acceptors (Lipinski definition) is 13. The van der Waals surface area contributed by atoms with E-state index in [4.69, 9.17) is 19.9 Å². The zero-order valence-corrected chi connectivity index (χ0v) is 33.2. The smallest absolute Gasteiger partial charge is 0.264 e. The molecule has 0 aliphatic carbocycles. The van der Waals surface area contributed by atoms with E-state index in [1.807, 2.05) is 18.2 Å². The van der Waals surface area contributed by atoms with Crippen molar-refractivity contribution in [3.8, 4) is 0 Å². The highest BCUT2D eigenvalue weighted by molar-refractivity contribution is 6.25. The van der Waals surface area contributed by atoms with Crippen molar-refractivity contribution in [1.29, 1.82) is 5.41 Å². The van der Waals surface area contributed by atoms with Crippen molar-refractivity contribution in [3.63, 3.8) is 0 Å². The van der Waals surface area contributed by atoms with Crippen LogP contribution in [0.4, 0.5) is 17.1 Å². The number of nitrogens with one attached hydrogen (secondary N) is 7. The molecule has 2 fully saturated rings. The molecule has 18 heteroatoms. The second kappa shape index (κ2) is 19.0. The molecule has 3 aliphatic heterocycles. The third kappa shape index (κ3) is 9.68. The van der Waals surface area contributed by atoms with Crippen LogP contribution in [0.1, 0.15) is 68.1 Å². The van der Waals surface area contributed by atoms with Crippen molar-refractivity contribution in [2.75, 3.05) is 75.6 Å². The van der Waals surface area contributed by atoms with Gasteiger partial charge in [0.05, 0.1) is 55.1 Å². The maximum Gasteiger partial charge on any atom is 0.264 e. The van der Waals surface area contributed by atoms with Gasteiger partial charge in [-0.1, -0.05) is 6.07 Å². The SMILES string of the molecule is CNc1ccc(C(=O)Nc2ccc3[nH]c(CN4CCC(CC(=O)NCCOCCOCCNc5cccc6c5C(=O)N(C5CCC(=O)NC5=O)C6=O)C4)nc3c2)cc1C=N. The van der Waals surface area contributed by atoms with Gasteiger partial charge < -0.3 is 41.1 Å². The number of hydrogen-bond donors (Lipinski definition) is 7. The number of piperidine rings is 1. The van der Waals surface area contributed by atoms with E-state index in [0.717, 1.165) is 47.0 Å². The van der Waals surface area contributed by atoms with Crippen LogP contribution in [0.3, 0.4) is 0 Å².